The van der Waals surface area contributed by atoms with Crippen LogP contribution in [0.3, 0.4) is 0 Å². The molecule has 0 amide bonds. The molecule has 0 aromatic heterocycles. The van der Waals surface area contributed by atoms with Crippen LogP contribution >= 0.6 is 0 Å². The number of rotatable bonds is 21. The van der Waals surface area contributed by atoms with Crippen LogP contribution in [0.4, 0.5) is 0 Å². The molecule has 10 heteroatoms. The molecule has 2 aliphatic heterocycles. The number of hydrogen-bond acceptors (Lipinski definition) is 7. The average Bonchev–Trinajstić information content (AvgIpc) is 3.85. The van der Waals surface area contributed by atoms with E-state index < -0.39 is 35.7 Å². The molecule has 2 fully saturated rings. The van der Waals surface area contributed by atoms with Crippen LogP contribution in [0.25, 0.3) is 0 Å². The number of carboxylic acids is 3. The Hall–Kier alpha value is -4.09. The van der Waals surface area contributed by atoms with Crippen molar-refractivity contribution in [1.29, 1.82) is 0 Å². The van der Waals surface area contributed by atoms with Crippen molar-refractivity contribution in [2.24, 2.45) is 29.6 Å². The van der Waals surface area contributed by atoms with E-state index >= 15 is 0 Å². The van der Waals surface area contributed by atoms with E-state index in [0.717, 1.165) is 85.4 Å². The Labute approximate surface area is 308 Å². The highest BCUT2D eigenvalue weighted by molar-refractivity contribution is 5.71. The summed E-state index contributed by atoms with van der Waals surface area (Å²) in [5.41, 5.74) is 6.30. The Morgan fingerprint density at radius 1 is 0.673 bits per heavy atom. The lowest BCUT2D eigenvalue weighted by Crippen LogP contribution is -2.27. The van der Waals surface area contributed by atoms with Crippen molar-refractivity contribution in [2.75, 3.05) is 39.8 Å². The van der Waals surface area contributed by atoms with Gasteiger partial charge in [-0.3, -0.25) is 19.3 Å². The number of nitrogens with zero attached hydrogens (tertiary/aromatic N) is 1. The van der Waals surface area contributed by atoms with Crippen LogP contribution in [0.1, 0.15) is 59.1 Å². The molecule has 3 aromatic rings. The van der Waals surface area contributed by atoms with Gasteiger partial charge in [-0.2, -0.15) is 0 Å². The number of hydrogen-bond donors (Lipinski definition) is 6. The molecule has 2 heterocycles. The summed E-state index contributed by atoms with van der Waals surface area (Å²) in [6, 6.07) is 24.7. The third-order valence-corrected chi connectivity index (χ3v) is 10.9. The van der Waals surface area contributed by atoms with Crippen molar-refractivity contribution >= 4 is 17.9 Å². The van der Waals surface area contributed by atoms with E-state index in [4.69, 9.17) is 0 Å². The van der Waals surface area contributed by atoms with Gasteiger partial charge in [-0.1, -0.05) is 72.8 Å². The number of aliphatic carboxylic acids is 3. The molecule has 3 aromatic carbocycles. The van der Waals surface area contributed by atoms with Gasteiger partial charge in [0.2, 0.25) is 0 Å². The largest absolute Gasteiger partial charge is 0.481 e. The monoisotopic (exact) mass is 712 g/mol. The summed E-state index contributed by atoms with van der Waals surface area (Å²) < 4.78 is 0. The summed E-state index contributed by atoms with van der Waals surface area (Å²) in [6.45, 7) is 5.83. The number of carboxylic acid groups (broad SMARTS) is 3. The first-order valence-electron chi connectivity index (χ1n) is 18.9. The molecule has 0 bridgehead atoms. The maximum absolute atomic E-state index is 12.3. The molecular weight excluding hydrogens is 656 g/mol. The molecule has 0 spiro atoms. The van der Waals surface area contributed by atoms with Gasteiger partial charge in [0.25, 0.3) is 0 Å². The van der Waals surface area contributed by atoms with Crippen LogP contribution in [-0.2, 0) is 53.3 Å². The molecule has 0 saturated carbocycles. The lowest BCUT2D eigenvalue weighted by molar-refractivity contribution is -0.144. The highest BCUT2D eigenvalue weighted by atomic mass is 16.4. The summed E-state index contributed by atoms with van der Waals surface area (Å²) in [7, 11) is 1.87. The van der Waals surface area contributed by atoms with Crippen molar-refractivity contribution in [1.82, 2.24) is 20.9 Å². The van der Waals surface area contributed by atoms with Crippen LogP contribution in [0.15, 0.2) is 72.8 Å². The highest BCUT2D eigenvalue weighted by Crippen LogP contribution is 2.27. The maximum atomic E-state index is 12.3. The van der Waals surface area contributed by atoms with Crippen molar-refractivity contribution in [3.05, 3.63) is 106 Å². The molecule has 10 nitrogen and oxygen atoms in total. The standard InChI is InChI=1S/C42H56N4O6/c1-43-15-5-12-35(40(47)48)21-29-6-2-9-32(18-29)26-46(27-33-10-3-7-30(19-33)22-38(41(49)50)36-13-16-44-24-36)28-34-11-4-8-31(20-34)23-39(42(51)52)37-14-17-45-25-37/h2-4,6-11,18-20,35-39,43-45H,5,12-17,21-28H2,1H3,(H,47,48)(H,49,50)(H,51,52)/t35-,36+,37+,38+,39+/m1/s1. The minimum atomic E-state index is -0.772. The van der Waals surface area contributed by atoms with Crippen molar-refractivity contribution in [2.45, 2.75) is 64.6 Å². The molecule has 5 atom stereocenters. The van der Waals surface area contributed by atoms with Crippen molar-refractivity contribution < 1.29 is 29.7 Å². The molecule has 0 radical (unpaired) electrons. The number of benzene rings is 3. The van der Waals surface area contributed by atoms with Gasteiger partial charge < -0.3 is 31.3 Å². The van der Waals surface area contributed by atoms with Gasteiger partial charge in [-0.25, -0.2) is 0 Å². The smallest absolute Gasteiger partial charge is 0.307 e. The second kappa shape index (κ2) is 19.7. The van der Waals surface area contributed by atoms with Crippen molar-refractivity contribution in [3.8, 4) is 0 Å². The Kier molecular flexibility index (Phi) is 14.8. The molecule has 52 heavy (non-hydrogen) atoms. The predicted octanol–water partition coefficient (Wildman–Crippen LogP) is 4.84. The van der Waals surface area contributed by atoms with E-state index in [-0.39, 0.29) is 11.8 Å². The fourth-order valence-corrected chi connectivity index (χ4v) is 8.09. The lowest BCUT2D eigenvalue weighted by atomic mass is 9.86. The minimum absolute atomic E-state index is 0.117. The lowest BCUT2D eigenvalue weighted by Gasteiger charge is -2.25. The van der Waals surface area contributed by atoms with Crippen LogP contribution in [0.5, 0.6) is 0 Å². The zero-order valence-electron chi connectivity index (χ0n) is 30.4. The van der Waals surface area contributed by atoms with Gasteiger partial charge >= 0.3 is 17.9 Å². The molecule has 2 saturated heterocycles. The SMILES string of the molecule is CNCCC[C@H](Cc1cccc(CN(Cc2cccc(C[C@H](C(=O)O)[C@H]3CCNC3)c2)Cc2cccc(C[C@H](C(=O)O)[C@H]3CCNC3)c2)c1)C(=O)O. The fourth-order valence-electron chi connectivity index (χ4n) is 8.09. The quantitative estimate of drug-likeness (QED) is 0.0848. The Balaban J connectivity index is 1.36. The van der Waals surface area contributed by atoms with Crippen molar-refractivity contribution in [3.63, 3.8) is 0 Å². The Bertz CT molecular complexity index is 1540. The third-order valence-electron chi connectivity index (χ3n) is 10.9. The Morgan fingerprint density at radius 2 is 1.10 bits per heavy atom. The maximum Gasteiger partial charge on any atom is 0.307 e. The van der Waals surface area contributed by atoms with E-state index in [0.29, 0.717) is 45.3 Å². The van der Waals surface area contributed by atoms with E-state index in [1.165, 1.54) is 0 Å². The summed E-state index contributed by atoms with van der Waals surface area (Å²) in [6.07, 6.45) is 4.60. The van der Waals surface area contributed by atoms with Gasteiger partial charge in [0.15, 0.2) is 0 Å². The normalized spacial score (nSPS) is 19.0. The van der Waals surface area contributed by atoms with Crippen LogP contribution in [0, 0.1) is 29.6 Å². The van der Waals surface area contributed by atoms with Gasteiger partial charge in [-0.15, -0.1) is 0 Å². The first-order chi connectivity index (χ1) is 25.2. The summed E-state index contributed by atoms with van der Waals surface area (Å²) in [5, 5.41) is 39.8. The molecule has 280 valence electrons. The second-order valence-corrected chi connectivity index (χ2v) is 14.9. The average molecular weight is 713 g/mol. The second-order valence-electron chi connectivity index (χ2n) is 14.9. The number of nitrogens with one attached hydrogen (secondary N) is 3. The zero-order chi connectivity index (χ0) is 36.9. The molecule has 2 aliphatic rings. The van der Waals surface area contributed by atoms with E-state index in [1.54, 1.807) is 0 Å². The molecule has 0 unspecified atom stereocenters. The van der Waals surface area contributed by atoms with Crippen LogP contribution < -0.4 is 16.0 Å². The zero-order valence-corrected chi connectivity index (χ0v) is 30.4. The first kappa shape index (κ1) is 39.1. The topological polar surface area (TPSA) is 151 Å². The summed E-state index contributed by atoms with van der Waals surface area (Å²) >= 11 is 0. The first-order valence-corrected chi connectivity index (χ1v) is 18.9. The predicted molar refractivity (Wildman–Crippen MR) is 202 cm³/mol. The van der Waals surface area contributed by atoms with Crippen LogP contribution in [-0.4, -0.2) is 77.9 Å². The third kappa shape index (κ3) is 11.7. The summed E-state index contributed by atoms with van der Waals surface area (Å²) in [4.78, 5) is 38.9. The fraction of sp³-hybridized carbons (Fsp3) is 0.500. The van der Waals surface area contributed by atoms with E-state index in [2.05, 4.69) is 57.2 Å². The van der Waals surface area contributed by atoms with Crippen LogP contribution in [0.2, 0.25) is 0 Å². The number of carbonyl (C=O) groups is 3. The Morgan fingerprint density at radius 3 is 1.46 bits per heavy atom. The molecular formula is C42H56N4O6. The highest BCUT2D eigenvalue weighted by Gasteiger charge is 2.32. The molecule has 0 aliphatic carbocycles. The van der Waals surface area contributed by atoms with Gasteiger partial charge in [0, 0.05) is 19.6 Å². The summed E-state index contributed by atoms with van der Waals surface area (Å²) in [5.74, 6) is -3.35. The molecule has 5 rings (SSSR count). The minimum Gasteiger partial charge on any atom is -0.481 e. The van der Waals surface area contributed by atoms with E-state index in [1.807, 2.05) is 43.4 Å². The van der Waals surface area contributed by atoms with E-state index in [9.17, 15) is 29.7 Å². The van der Waals surface area contributed by atoms with Gasteiger partial charge in [-0.05, 0) is 130 Å². The van der Waals surface area contributed by atoms with Gasteiger partial charge in [0.05, 0.1) is 17.8 Å². The van der Waals surface area contributed by atoms with Gasteiger partial charge in [0.1, 0.15) is 0 Å². The molecule has 6 N–H and O–H groups in total.